The van der Waals surface area contributed by atoms with Crippen LogP contribution in [-0.4, -0.2) is 34.6 Å². The number of nitrogens with one attached hydrogen (secondary N) is 2. The Kier molecular flexibility index (Phi) is 7.20. The molecule has 0 unspecified atom stereocenters. The Hall–Kier alpha value is -3.03. The quantitative estimate of drug-likeness (QED) is 0.662. The molecule has 2 N–H and O–H groups in total. The fourth-order valence-corrected chi connectivity index (χ4v) is 3.39. The van der Waals surface area contributed by atoms with Crippen LogP contribution in [0.3, 0.4) is 0 Å². The Balaban J connectivity index is 1.59. The molecule has 1 heterocycles. The Morgan fingerprint density at radius 1 is 1.16 bits per heavy atom. The molecule has 1 saturated carbocycles. The first-order valence-electron chi connectivity index (χ1n) is 10.8. The summed E-state index contributed by atoms with van der Waals surface area (Å²) >= 11 is 0. The van der Waals surface area contributed by atoms with E-state index in [1.165, 1.54) is 0 Å². The van der Waals surface area contributed by atoms with Crippen LogP contribution in [0.4, 0.5) is 15.4 Å². The maximum atomic E-state index is 12.3. The maximum Gasteiger partial charge on any atom is 0.413 e. The Morgan fingerprint density at radius 3 is 2.52 bits per heavy atom. The summed E-state index contributed by atoms with van der Waals surface area (Å²) in [7, 11) is 0. The number of hydrogen-bond acceptors (Lipinski definition) is 5. The second kappa shape index (κ2) is 9.85. The van der Waals surface area contributed by atoms with Crippen LogP contribution < -0.4 is 10.6 Å². The minimum atomic E-state index is -0.525. The summed E-state index contributed by atoms with van der Waals surface area (Å²) in [5.74, 6) is 0.777. The molecule has 0 saturated heterocycles. The van der Waals surface area contributed by atoms with Crippen LogP contribution >= 0.6 is 0 Å². The summed E-state index contributed by atoms with van der Waals surface area (Å²) in [5.41, 5.74) is 1.48. The van der Waals surface area contributed by atoms with Gasteiger partial charge in [-0.2, -0.15) is 5.10 Å². The molecule has 0 bridgehead atoms. The fraction of sp³-hybridized carbons (Fsp3) is 0.522. The van der Waals surface area contributed by atoms with Gasteiger partial charge in [-0.15, -0.1) is 0 Å². The van der Waals surface area contributed by atoms with Crippen LogP contribution in [0.15, 0.2) is 36.4 Å². The summed E-state index contributed by atoms with van der Waals surface area (Å²) in [4.78, 5) is 24.1. The first kappa shape index (κ1) is 22.7. The third-order valence-electron chi connectivity index (χ3n) is 5.11. The molecule has 0 aliphatic heterocycles. The van der Waals surface area contributed by atoms with E-state index < -0.39 is 6.09 Å². The highest BCUT2D eigenvalue weighted by Gasteiger charge is 2.36. The fourth-order valence-electron chi connectivity index (χ4n) is 3.39. The van der Waals surface area contributed by atoms with Crippen molar-refractivity contribution in [1.82, 2.24) is 15.1 Å². The standard InChI is InChI=1S/C23H32N4O4/c1-5-11-24-21(28)31-18-12-17(13-18)19-14-20(27(26-19)23(2,3)4)25-22(29)30-15-16-9-7-6-8-10-16/h6-10,14,17-18H,5,11-13,15H2,1-4H3,(H,24,28)(H,25,29). The van der Waals surface area contributed by atoms with Crippen LogP contribution in [0.1, 0.15) is 64.1 Å². The van der Waals surface area contributed by atoms with Gasteiger partial charge >= 0.3 is 12.2 Å². The van der Waals surface area contributed by atoms with E-state index in [4.69, 9.17) is 14.6 Å². The van der Waals surface area contributed by atoms with Crippen molar-refractivity contribution in [3.8, 4) is 0 Å². The number of anilines is 1. The van der Waals surface area contributed by atoms with Gasteiger partial charge in [-0.25, -0.2) is 14.3 Å². The van der Waals surface area contributed by atoms with Gasteiger partial charge in [-0.05, 0) is 45.6 Å². The number of rotatable bonds is 7. The number of ether oxygens (including phenoxy) is 2. The lowest BCUT2D eigenvalue weighted by Crippen LogP contribution is -2.36. The lowest BCUT2D eigenvalue weighted by Gasteiger charge is -2.33. The molecule has 8 heteroatoms. The second-order valence-electron chi connectivity index (χ2n) is 8.85. The van der Waals surface area contributed by atoms with E-state index in [-0.39, 0.29) is 30.3 Å². The number of benzene rings is 1. The smallest absolute Gasteiger partial charge is 0.413 e. The lowest BCUT2D eigenvalue weighted by atomic mass is 9.80. The van der Waals surface area contributed by atoms with E-state index in [1.54, 1.807) is 4.68 Å². The molecule has 2 amide bonds. The second-order valence-corrected chi connectivity index (χ2v) is 8.85. The predicted molar refractivity (Wildman–Crippen MR) is 118 cm³/mol. The van der Waals surface area contributed by atoms with Crippen molar-refractivity contribution in [3.05, 3.63) is 47.7 Å². The Labute approximate surface area is 183 Å². The van der Waals surface area contributed by atoms with Crippen LogP contribution in [0, 0.1) is 0 Å². The number of nitrogens with zero attached hydrogens (tertiary/aromatic N) is 2. The van der Waals surface area contributed by atoms with E-state index >= 15 is 0 Å². The van der Waals surface area contributed by atoms with Gasteiger partial charge in [0.05, 0.1) is 11.2 Å². The molecule has 3 rings (SSSR count). The molecule has 1 aliphatic carbocycles. The zero-order valence-electron chi connectivity index (χ0n) is 18.7. The average Bonchev–Trinajstić information content (AvgIpc) is 3.11. The van der Waals surface area contributed by atoms with E-state index in [0.29, 0.717) is 12.4 Å². The van der Waals surface area contributed by atoms with Crippen molar-refractivity contribution in [2.75, 3.05) is 11.9 Å². The molecule has 168 valence electrons. The van der Waals surface area contributed by atoms with Gasteiger partial charge in [-0.3, -0.25) is 5.32 Å². The minimum Gasteiger partial charge on any atom is -0.446 e. The summed E-state index contributed by atoms with van der Waals surface area (Å²) < 4.78 is 12.6. The molecular formula is C23H32N4O4. The average molecular weight is 429 g/mol. The molecule has 31 heavy (non-hydrogen) atoms. The highest BCUT2D eigenvalue weighted by atomic mass is 16.6. The first-order valence-corrected chi connectivity index (χ1v) is 10.8. The molecule has 2 aromatic rings. The molecule has 1 aromatic heterocycles. The molecule has 0 spiro atoms. The number of carbonyl (C=O) groups excluding carboxylic acids is 2. The van der Waals surface area contributed by atoms with E-state index in [1.807, 2.05) is 64.1 Å². The van der Waals surface area contributed by atoms with Crippen LogP contribution in [0.5, 0.6) is 0 Å². The Bertz CT molecular complexity index is 883. The van der Waals surface area contributed by atoms with Crippen molar-refractivity contribution in [1.29, 1.82) is 0 Å². The molecule has 0 radical (unpaired) electrons. The lowest BCUT2D eigenvalue weighted by molar-refractivity contribution is 0.0384. The number of alkyl carbamates (subject to hydrolysis) is 1. The van der Waals surface area contributed by atoms with E-state index in [9.17, 15) is 9.59 Å². The molecule has 1 fully saturated rings. The van der Waals surface area contributed by atoms with Crippen molar-refractivity contribution in [2.24, 2.45) is 0 Å². The summed E-state index contributed by atoms with van der Waals surface area (Å²) in [6.45, 7) is 8.87. The van der Waals surface area contributed by atoms with Gasteiger partial charge in [-0.1, -0.05) is 37.3 Å². The molecule has 1 aromatic carbocycles. The largest absolute Gasteiger partial charge is 0.446 e. The van der Waals surface area contributed by atoms with Gasteiger partial charge in [0.2, 0.25) is 0 Å². The third-order valence-corrected chi connectivity index (χ3v) is 5.11. The summed E-state index contributed by atoms with van der Waals surface area (Å²) in [6.07, 6.45) is 1.32. The number of carbonyl (C=O) groups is 2. The topological polar surface area (TPSA) is 94.5 Å². The molecule has 8 nitrogen and oxygen atoms in total. The SMILES string of the molecule is CCCNC(=O)OC1CC(c2cc(NC(=O)OCc3ccccc3)n(C(C)(C)C)n2)C1. The normalized spacial score (nSPS) is 18.1. The minimum absolute atomic E-state index is 0.103. The highest BCUT2D eigenvalue weighted by Crippen LogP contribution is 2.39. The van der Waals surface area contributed by atoms with Gasteiger partial charge in [0.25, 0.3) is 0 Å². The van der Waals surface area contributed by atoms with E-state index in [0.717, 1.165) is 30.5 Å². The number of hydrogen-bond donors (Lipinski definition) is 2. The van der Waals surface area contributed by atoms with Gasteiger partial charge < -0.3 is 14.8 Å². The van der Waals surface area contributed by atoms with E-state index in [2.05, 4.69) is 10.6 Å². The molecular weight excluding hydrogens is 396 g/mol. The predicted octanol–water partition coefficient (Wildman–Crippen LogP) is 4.77. The van der Waals surface area contributed by atoms with Gasteiger partial charge in [0.1, 0.15) is 18.5 Å². The molecule has 0 atom stereocenters. The number of aromatic nitrogens is 2. The van der Waals surface area contributed by atoms with Crippen LogP contribution in [0.25, 0.3) is 0 Å². The van der Waals surface area contributed by atoms with Gasteiger partial charge in [0.15, 0.2) is 0 Å². The van der Waals surface area contributed by atoms with Crippen molar-refractivity contribution in [3.63, 3.8) is 0 Å². The highest BCUT2D eigenvalue weighted by molar-refractivity contribution is 5.83. The van der Waals surface area contributed by atoms with Crippen molar-refractivity contribution < 1.29 is 19.1 Å². The Morgan fingerprint density at radius 2 is 1.87 bits per heavy atom. The summed E-state index contributed by atoms with van der Waals surface area (Å²) in [5, 5.41) is 10.3. The first-order chi connectivity index (χ1) is 14.8. The molecule has 1 aliphatic rings. The van der Waals surface area contributed by atoms with Crippen LogP contribution in [0.2, 0.25) is 0 Å². The zero-order chi connectivity index (χ0) is 22.4. The monoisotopic (exact) mass is 428 g/mol. The zero-order valence-corrected chi connectivity index (χ0v) is 18.7. The van der Waals surface area contributed by atoms with Crippen molar-refractivity contribution >= 4 is 18.0 Å². The maximum absolute atomic E-state index is 12.3. The van der Waals surface area contributed by atoms with Crippen LogP contribution in [-0.2, 0) is 21.6 Å². The summed E-state index contributed by atoms with van der Waals surface area (Å²) in [6, 6.07) is 11.4. The van der Waals surface area contributed by atoms with Crippen molar-refractivity contribution in [2.45, 2.75) is 71.1 Å². The van der Waals surface area contributed by atoms with Gasteiger partial charge in [0, 0.05) is 18.5 Å². The third kappa shape index (κ3) is 6.23. The number of amides is 2.